The lowest BCUT2D eigenvalue weighted by atomic mass is 10.2. The summed E-state index contributed by atoms with van der Waals surface area (Å²) in [4.78, 5) is 18.6. The van der Waals surface area contributed by atoms with Crippen LogP contribution < -0.4 is 0 Å². The van der Waals surface area contributed by atoms with E-state index in [0.29, 0.717) is 5.82 Å². The summed E-state index contributed by atoms with van der Waals surface area (Å²) >= 11 is 0. The van der Waals surface area contributed by atoms with Crippen molar-refractivity contribution in [3.63, 3.8) is 0 Å². The summed E-state index contributed by atoms with van der Waals surface area (Å²) in [6.45, 7) is 3.62. The van der Waals surface area contributed by atoms with Crippen molar-refractivity contribution < 1.29 is 18.3 Å². The Morgan fingerprint density at radius 2 is 2.00 bits per heavy atom. The molecule has 1 heterocycles. The smallest absolute Gasteiger partial charge is 0.309 e. The van der Waals surface area contributed by atoms with Gasteiger partial charge in [-0.15, -0.1) is 0 Å². The standard InChI is InChI=1S/C10H14N2O4S/c1-6(2)10-11-7(5-9(13)14)4-8(12-10)17(3,15)16/h4,6H,5H2,1-3H3,(H,13,14). The van der Waals surface area contributed by atoms with Crippen LogP contribution in [-0.4, -0.2) is 35.7 Å². The second-order valence-corrected chi connectivity index (χ2v) is 6.02. The lowest BCUT2D eigenvalue weighted by Gasteiger charge is -2.08. The highest BCUT2D eigenvalue weighted by Crippen LogP contribution is 2.14. The normalized spacial score (nSPS) is 11.8. The van der Waals surface area contributed by atoms with Crippen molar-refractivity contribution in [3.8, 4) is 0 Å². The zero-order chi connectivity index (χ0) is 13.2. The molecule has 7 heteroatoms. The summed E-state index contributed by atoms with van der Waals surface area (Å²) in [7, 11) is -3.46. The van der Waals surface area contributed by atoms with Crippen molar-refractivity contribution in [1.82, 2.24) is 9.97 Å². The van der Waals surface area contributed by atoms with Crippen molar-refractivity contribution in [2.24, 2.45) is 0 Å². The van der Waals surface area contributed by atoms with Gasteiger partial charge in [-0.25, -0.2) is 18.4 Å². The molecule has 0 fully saturated rings. The first-order chi connectivity index (χ1) is 7.70. The predicted molar refractivity (Wildman–Crippen MR) is 60.6 cm³/mol. The van der Waals surface area contributed by atoms with Crippen LogP contribution in [0.1, 0.15) is 31.3 Å². The average Bonchev–Trinajstić information content (AvgIpc) is 2.14. The van der Waals surface area contributed by atoms with E-state index in [9.17, 15) is 13.2 Å². The lowest BCUT2D eigenvalue weighted by molar-refractivity contribution is -0.136. The van der Waals surface area contributed by atoms with Gasteiger partial charge in [0.2, 0.25) is 0 Å². The van der Waals surface area contributed by atoms with Gasteiger partial charge in [0.15, 0.2) is 14.9 Å². The van der Waals surface area contributed by atoms with Gasteiger partial charge in [0, 0.05) is 12.2 Å². The Labute approximate surface area is 99.6 Å². The van der Waals surface area contributed by atoms with E-state index in [4.69, 9.17) is 5.11 Å². The monoisotopic (exact) mass is 258 g/mol. The first-order valence-electron chi connectivity index (χ1n) is 5.00. The first kappa shape index (κ1) is 13.6. The number of carbonyl (C=O) groups is 1. The lowest BCUT2D eigenvalue weighted by Crippen LogP contribution is -2.11. The van der Waals surface area contributed by atoms with Gasteiger partial charge in [0.05, 0.1) is 12.1 Å². The summed E-state index contributed by atoms with van der Waals surface area (Å²) in [5.41, 5.74) is 0.205. The maximum atomic E-state index is 11.4. The highest BCUT2D eigenvalue weighted by Gasteiger charge is 2.16. The van der Waals surface area contributed by atoms with Gasteiger partial charge in [-0.2, -0.15) is 0 Å². The third-order valence-corrected chi connectivity index (χ3v) is 2.97. The van der Waals surface area contributed by atoms with Crippen molar-refractivity contribution in [3.05, 3.63) is 17.6 Å². The van der Waals surface area contributed by atoms with Crippen molar-refractivity contribution in [2.45, 2.75) is 31.2 Å². The number of carboxylic acids is 1. The zero-order valence-electron chi connectivity index (χ0n) is 9.84. The average molecular weight is 258 g/mol. The minimum absolute atomic E-state index is 0.0655. The third-order valence-electron chi connectivity index (χ3n) is 2.00. The molecule has 0 saturated heterocycles. The van der Waals surface area contributed by atoms with E-state index in [2.05, 4.69) is 9.97 Å². The number of rotatable bonds is 4. The second-order valence-electron chi connectivity index (χ2n) is 4.05. The number of sulfone groups is 1. The largest absolute Gasteiger partial charge is 0.481 e. The van der Waals surface area contributed by atoms with Crippen LogP contribution in [0.25, 0.3) is 0 Å². The number of hydrogen-bond acceptors (Lipinski definition) is 5. The van der Waals surface area contributed by atoms with E-state index in [-0.39, 0.29) is 23.1 Å². The van der Waals surface area contributed by atoms with Crippen molar-refractivity contribution in [2.75, 3.05) is 6.26 Å². The van der Waals surface area contributed by atoms with Crippen molar-refractivity contribution >= 4 is 15.8 Å². The Morgan fingerprint density at radius 3 is 2.41 bits per heavy atom. The molecule has 1 rings (SSSR count). The van der Waals surface area contributed by atoms with Crippen LogP contribution in [0.15, 0.2) is 11.1 Å². The van der Waals surface area contributed by atoms with E-state index in [1.54, 1.807) is 0 Å². The Hall–Kier alpha value is -1.50. The predicted octanol–water partition coefficient (Wildman–Crippen LogP) is 0.631. The fraction of sp³-hybridized carbons (Fsp3) is 0.500. The molecule has 0 saturated carbocycles. The Kier molecular flexibility index (Phi) is 3.82. The SMILES string of the molecule is CC(C)c1nc(CC(=O)O)cc(S(C)(=O)=O)n1. The Balaban J connectivity index is 3.34. The molecule has 6 nitrogen and oxygen atoms in total. The molecule has 0 aliphatic carbocycles. The molecule has 0 aliphatic rings. The highest BCUT2D eigenvalue weighted by molar-refractivity contribution is 7.90. The number of aliphatic carboxylic acids is 1. The molecule has 0 radical (unpaired) electrons. The van der Waals surface area contributed by atoms with Gasteiger partial charge in [-0.3, -0.25) is 4.79 Å². The number of aromatic nitrogens is 2. The molecule has 0 bridgehead atoms. The molecule has 0 atom stereocenters. The molecular weight excluding hydrogens is 244 g/mol. The summed E-state index contributed by atoms with van der Waals surface area (Å²) in [5.74, 6) is -0.786. The molecule has 1 aromatic heterocycles. The van der Waals surface area contributed by atoms with Gasteiger partial charge in [0.25, 0.3) is 0 Å². The molecule has 0 amide bonds. The molecule has 0 spiro atoms. The number of carboxylic acid groups (broad SMARTS) is 1. The minimum Gasteiger partial charge on any atom is -0.481 e. The van der Waals surface area contributed by atoms with Gasteiger partial charge in [-0.05, 0) is 6.07 Å². The zero-order valence-corrected chi connectivity index (χ0v) is 10.7. The van der Waals surface area contributed by atoms with Crippen LogP contribution in [0.2, 0.25) is 0 Å². The van der Waals surface area contributed by atoms with Gasteiger partial charge < -0.3 is 5.11 Å². The topological polar surface area (TPSA) is 97.2 Å². The Morgan fingerprint density at radius 1 is 1.41 bits per heavy atom. The quantitative estimate of drug-likeness (QED) is 0.795. The summed E-state index contributed by atoms with van der Waals surface area (Å²) in [5, 5.41) is 8.55. The fourth-order valence-electron chi connectivity index (χ4n) is 1.19. The number of nitrogens with zero attached hydrogens (tertiary/aromatic N) is 2. The molecule has 0 unspecified atom stereocenters. The summed E-state index contributed by atoms with van der Waals surface area (Å²) in [6.07, 6.45) is 0.717. The van der Waals surface area contributed by atoms with Crippen LogP contribution in [-0.2, 0) is 21.1 Å². The molecule has 0 aromatic carbocycles. The second kappa shape index (κ2) is 4.79. The molecule has 0 aliphatic heterocycles. The van der Waals surface area contributed by atoms with Crippen LogP contribution in [0.4, 0.5) is 0 Å². The number of hydrogen-bond donors (Lipinski definition) is 1. The van der Waals surface area contributed by atoms with Gasteiger partial charge >= 0.3 is 5.97 Å². The van der Waals surface area contributed by atoms with Gasteiger partial charge in [0.1, 0.15) is 5.82 Å². The van der Waals surface area contributed by atoms with Crippen LogP contribution in [0, 0.1) is 0 Å². The fourth-order valence-corrected chi connectivity index (χ4v) is 1.80. The van der Waals surface area contributed by atoms with Crippen molar-refractivity contribution in [1.29, 1.82) is 0 Å². The van der Waals surface area contributed by atoms with Crippen LogP contribution in [0.5, 0.6) is 0 Å². The molecule has 17 heavy (non-hydrogen) atoms. The van der Waals surface area contributed by atoms with E-state index in [1.807, 2.05) is 13.8 Å². The van der Waals surface area contributed by atoms with Gasteiger partial charge in [-0.1, -0.05) is 13.8 Å². The summed E-state index contributed by atoms with van der Waals surface area (Å²) in [6, 6.07) is 1.20. The highest BCUT2D eigenvalue weighted by atomic mass is 32.2. The summed E-state index contributed by atoms with van der Waals surface area (Å²) < 4.78 is 22.8. The first-order valence-corrected chi connectivity index (χ1v) is 6.89. The van der Waals surface area contributed by atoms with E-state index >= 15 is 0 Å². The molecule has 94 valence electrons. The minimum atomic E-state index is -3.46. The molecular formula is C10H14N2O4S. The van der Waals surface area contributed by atoms with E-state index in [1.165, 1.54) is 6.07 Å². The van der Waals surface area contributed by atoms with E-state index < -0.39 is 15.8 Å². The molecule has 1 N–H and O–H groups in total. The maximum Gasteiger partial charge on any atom is 0.309 e. The van der Waals surface area contributed by atoms with Crippen LogP contribution in [0.3, 0.4) is 0 Å². The maximum absolute atomic E-state index is 11.4. The Bertz CT molecular complexity index is 537. The third kappa shape index (κ3) is 3.77. The van der Waals surface area contributed by atoms with Crippen LogP contribution >= 0.6 is 0 Å². The van der Waals surface area contributed by atoms with E-state index in [0.717, 1.165) is 6.26 Å². The molecule has 1 aromatic rings.